The minimum atomic E-state index is -0.121. The van der Waals surface area contributed by atoms with Gasteiger partial charge in [0.2, 0.25) is 5.75 Å². The summed E-state index contributed by atoms with van der Waals surface area (Å²) < 4.78 is 17.0. The van der Waals surface area contributed by atoms with Gasteiger partial charge >= 0.3 is 0 Å². The number of hydrogen-bond acceptors (Lipinski definition) is 6. The topological polar surface area (TPSA) is 88.4 Å². The number of phenolic OH excluding ortho intramolecular Hbond substituents is 3. The minimum absolute atomic E-state index is 0.0499. The zero-order valence-corrected chi connectivity index (χ0v) is 18.7. The van der Waals surface area contributed by atoms with E-state index in [-0.39, 0.29) is 29.1 Å². The number of rotatable bonds is 5. The van der Waals surface area contributed by atoms with Crippen molar-refractivity contribution in [2.75, 3.05) is 20.8 Å². The molecule has 1 aliphatic rings. The second kappa shape index (κ2) is 8.54. The number of aryl methyl sites for hydroxylation is 1. The average molecular weight is 437 g/mol. The zero-order chi connectivity index (χ0) is 23.0. The summed E-state index contributed by atoms with van der Waals surface area (Å²) in [5, 5.41) is 30.8. The van der Waals surface area contributed by atoms with Crippen molar-refractivity contribution in [1.29, 1.82) is 0 Å². The standard InChI is InChI=1S/C26H28O6/c1-5-15-10-19-23(16-6-8-18(27)9-7-16)20(13-32-26(19)14(2)24(15)28)17-11-21(30-3)25(29)22(12-17)31-4/h6-12,20,23,27-29H,5,13H2,1-4H3. The number of phenols is 3. The van der Waals surface area contributed by atoms with Crippen molar-refractivity contribution in [3.63, 3.8) is 0 Å². The highest BCUT2D eigenvalue weighted by molar-refractivity contribution is 5.60. The molecule has 0 aromatic heterocycles. The van der Waals surface area contributed by atoms with Gasteiger partial charge in [-0.1, -0.05) is 19.1 Å². The van der Waals surface area contributed by atoms with E-state index in [1.165, 1.54) is 14.2 Å². The van der Waals surface area contributed by atoms with Crippen LogP contribution in [-0.4, -0.2) is 36.1 Å². The normalized spacial score (nSPS) is 17.4. The summed E-state index contributed by atoms with van der Waals surface area (Å²) in [5.74, 6) is 1.52. The van der Waals surface area contributed by atoms with Crippen LogP contribution >= 0.6 is 0 Å². The SMILES string of the molecule is CCc1cc2c(c(C)c1O)OCC(c1cc(OC)c(O)c(OC)c1)C2c1ccc(O)cc1. The lowest BCUT2D eigenvalue weighted by molar-refractivity contribution is 0.244. The maximum Gasteiger partial charge on any atom is 0.200 e. The Morgan fingerprint density at radius 1 is 0.906 bits per heavy atom. The van der Waals surface area contributed by atoms with Crippen LogP contribution in [0.4, 0.5) is 0 Å². The fraction of sp³-hybridized carbons (Fsp3) is 0.308. The lowest BCUT2D eigenvalue weighted by Gasteiger charge is -2.36. The summed E-state index contributed by atoms with van der Waals surface area (Å²) in [4.78, 5) is 0. The lowest BCUT2D eigenvalue weighted by atomic mass is 9.74. The zero-order valence-electron chi connectivity index (χ0n) is 18.7. The molecule has 0 saturated heterocycles. The van der Waals surface area contributed by atoms with Gasteiger partial charge in [-0.05, 0) is 60.4 Å². The van der Waals surface area contributed by atoms with Crippen molar-refractivity contribution in [3.05, 3.63) is 70.3 Å². The Kier molecular flexibility index (Phi) is 5.78. The largest absolute Gasteiger partial charge is 0.508 e. The molecule has 0 fully saturated rings. The van der Waals surface area contributed by atoms with Crippen LogP contribution in [0.25, 0.3) is 0 Å². The molecule has 0 bridgehead atoms. The van der Waals surface area contributed by atoms with Gasteiger partial charge in [0.05, 0.1) is 20.8 Å². The molecule has 0 amide bonds. The average Bonchev–Trinajstić information content (AvgIpc) is 2.81. The lowest BCUT2D eigenvalue weighted by Crippen LogP contribution is -2.26. The minimum Gasteiger partial charge on any atom is -0.508 e. The molecule has 0 spiro atoms. The third kappa shape index (κ3) is 3.55. The highest BCUT2D eigenvalue weighted by atomic mass is 16.5. The second-order valence-electron chi connectivity index (χ2n) is 8.04. The van der Waals surface area contributed by atoms with Gasteiger partial charge in [-0.3, -0.25) is 0 Å². The van der Waals surface area contributed by atoms with Gasteiger partial charge in [-0.2, -0.15) is 0 Å². The number of ether oxygens (including phenoxy) is 3. The van der Waals surface area contributed by atoms with Crippen LogP contribution in [0.2, 0.25) is 0 Å². The van der Waals surface area contributed by atoms with Gasteiger partial charge in [0.15, 0.2) is 11.5 Å². The van der Waals surface area contributed by atoms with E-state index >= 15 is 0 Å². The number of aromatic hydroxyl groups is 3. The molecule has 6 heteroatoms. The van der Waals surface area contributed by atoms with Crippen LogP contribution in [0.1, 0.15) is 46.6 Å². The first-order chi connectivity index (χ1) is 15.4. The maximum absolute atomic E-state index is 10.6. The predicted octanol–water partition coefficient (Wildman–Crippen LogP) is 5.00. The summed E-state index contributed by atoms with van der Waals surface area (Å²) in [6.07, 6.45) is 0.688. The molecule has 4 rings (SSSR count). The number of fused-ring (bicyclic) bond motifs is 1. The fourth-order valence-corrected chi connectivity index (χ4v) is 4.57. The van der Waals surface area contributed by atoms with E-state index < -0.39 is 0 Å². The summed E-state index contributed by atoms with van der Waals surface area (Å²) in [6.45, 7) is 4.24. The molecule has 0 aliphatic carbocycles. The first-order valence-corrected chi connectivity index (χ1v) is 10.6. The predicted molar refractivity (Wildman–Crippen MR) is 122 cm³/mol. The molecule has 2 unspecified atom stereocenters. The molecule has 3 aromatic carbocycles. The molecule has 0 saturated carbocycles. The van der Waals surface area contributed by atoms with E-state index in [2.05, 4.69) is 0 Å². The fourth-order valence-electron chi connectivity index (χ4n) is 4.57. The molecule has 2 atom stereocenters. The van der Waals surface area contributed by atoms with Crippen molar-refractivity contribution < 1.29 is 29.5 Å². The maximum atomic E-state index is 10.6. The number of benzene rings is 3. The second-order valence-corrected chi connectivity index (χ2v) is 8.04. The molecule has 168 valence electrons. The van der Waals surface area contributed by atoms with E-state index in [4.69, 9.17) is 14.2 Å². The van der Waals surface area contributed by atoms with Crippen LogP contribution in [0, 0.1) is 6.92 Å². The van der Waals surface area contributed by atoms with Gasteiger partial charge in [0, 0.05) is 23.0 Å². The van der Waals surface area contributed by atoms with Gasteiger partial charge in [-0.15, -0.1) is 0 Å². The highest BCUT2D eigenvalue weighted by Gasteiger charge is 2.36. The molecule has 32 heavy (non-hydrogen) atoms. The molecule has 1 aliphatic heterocycles. The summed E-state index contributed by atoms with van der Waals surface area (Å²) >= 11 is 0. The van der Waals surface area contributed by atoms with Gasteiger partial charge in [0.1, 0.15) is 17.2 Å². The van der Waals surface area contributed by atoms with Crippen LogP contribution in [0.15, 0.2) is 42.5 Å². The van der Waals surface area contributed by atoms with Gasteiger partial charge in [0.25, 0.3) is 0 Å². The van der Waals surface area contributed by atoms with Crippen LogP contribution in [-0.2, 0) is 6.42 Å². The van der Waals surface area contributed by atoms with Crippen LogP contribution < -0.4 is 14.2 Å². The first kappa shape index (κ1) is 21.7. The smallest absolute Gasteiger partial charge is 0.200 e. The molecule has 1 heterocycles. The Balaban J connectivity index is 1.94. The van der Waals surface area contributed by atoms with E-state index in [1.807, 2.05) is 32.0 Å². The van der Waals surface area contributed by atoms with Crippen molar-refractivity contribution >= 4 is 0 Å². The van der Waals surface area contributed by atoms with Gasteiger partial charge < -0.3 is 29.5 Å². The van der Waals surface area contributed by atoms with Crippen molar-refractivity contribution in [1.82, 2.24) is 0 Å². The Hall–Kier alpha value is -3.54. The van der Waals surface area contributed by atoms with E-state index in [0.29, 0.717) is 30.3 Å². The molecular weight excluding hydrogens is 408 g/mol. The Morgan fingerprint density at radius 3 is 2.09 bits per heavy atom. The quantitative estimate of drug-likeness (QED) is 0.522. The number of methoxy groups -OCH3 is 2. The highest BCUT2D eigenvalue weighted by Crippen LogP contribution is 2.51. The first-order valence-electron chi connectivity index (χ1n) is 10.6. The third-order valence-corrected chi connectivity index (χ3v) is 6.30. The molecular formula is C26H28O6. The van der Waals surface area contributed by atoms with Crippen LogP contribution in [0.5, 0.6) is 34.5 Å². The Labute approximate surface area is 187 Å². The molecule has 0 radical (unpaired) electrons. The third-order valence-electron chi connectivity index (χ3n) is 6.30. The summed E-state index contributed by atoms with van der Waals surface area (Å²) in [6, 6.07) is 12.8. The molecule has 3 N–H and O–H groups in total. The Morgan fingerprint density at radius 2 is 1.53 bits per heavy atom. The monoisotopic (exact) mass is 436 g/mol. The van der Waals surface area contributed by atoms with Crippen LogP contribution in [0.3, 0.4) is 0 Å². The molecule has 6 nitrogen and oxygen atoms in total. The molecule has 3 aromatic rings. The Bertz CT molecular complexity index is 1110. The summed E-state index contributed by atoms with van der Waals surface area (Å²) in [7, 11) is 3.00. The number of hydrogen-bond donors (Lipinski definition) is 3. The van der Waals surface area contributed by atoms with Crippen molar-refractivity contribution in [2.24, 2.45) is 0 Å². The van der Waals surface area contributed by atoms with E-state index in [1.54, 1.807) is 24.3 Å². The van der Waals surface area contributed by atoms with Gasteiger partial charge in [-0.25, -0.2) is 0 Å². The van der Waals surface area contributed by atoms with Crippen molar-refractivity contribution in [2.45, 2.75) is 32.1 Å². The van der Waals surface area contributed by atoms with E-state index in [0.717, 1.165) is 27.8 Å². The van der Waals surface area contributed by atoms with Crippen molar-refractivity contribution in [3.8, 4) is 34.5 Å². The summed E-state index contributed by atoms with van der Waals surface area (Å²) in [5.41, 5.74) is 4.46. The van der Waals surface area contributed by atoms with E-state index in [9.17, 15) is 15.3 Å².